The molecule has 2 atom stereocenters. The number of carbonyl (C=O) groups excluding carboxylic acids is 1. The van der Waals surface area contributed by atoms with Crippen LogP contribution in [0.4, 0.5) is 13.2 Å². The van der Waals surface area contributed by atoms with E-state index < -0.39 is 12.7 Å². The summed E-state index contributed by atoms with van der Waals surface area (Å²) in [6.07, 6.45) is 0.187. The number of alkyl halides is 3. The van der Waals surface area contributed by atoms with Gasteiger partial charge in [0.15, 0.2) is 0 Å². The van der Waals surface area contributed by atoms with Crippen LogP contribution < -0.4 is 5.32 Å². The number of nitrogens with one attached hydrogen (secondary N) is 1. The first-order valence-electron chi connectivity index (χ1n) is 9.17. The van der Waals surface area contributed by atoms with Crippen molar-refractivity contribution in [3.8, 4) is 0 Å². The monoisotopic (exact) mass is 385 g/mol. The lowest BCUT2D eigenvalue weighted by Crippen LogP contribution is -2.49. The highest BCUT2D eigenvalue weighted by molar-refractivity contribution is 5.85. The number of hydrogen-bond acceptors (Lipinski definition) is 3. The molecule has 2 fully saturated rings. The molecule has 25 heavy (non-hydrogen) atoms. The fourth-order valence-corrected chi connectivity index (χ4v) is 3.88. The summed E-state index contributed by atoms with van der Waals surface area (Å²) in [6, 6.07) is 0. The Morgan fingerprint density at radius 3 is 2.64 bits per heavy atom. The summed E-state index contributed by atoms with van der Waals surface area (Å²) in [6.45, 7) is 5.45. The molecule has 0 aromatic heterocycles. The van der Waals surface area contributed by atoms with Crippen LogP contribution in [0, 0.1) is 11.8 Å². The lowest BCUT2D eigenvalue weighted by Gasteiger charge is -2.37. The minimum absolute atomic E-state index is 0. The maximum atomic E-state index is 12.7. The summed E-state index contributed by atoms with van der Waals surface area (Å²) in [5.41, 5.74) is 0. The normalized spacial score (nSPS) is 25.3. The van der Waals surface area contributed by atoms with E-state index in [2.05, 4.69) is 10.2 Å². The standard InChI is InChI=1S/C17H30F3N3O.ClH/c1-2-8-23(13-17(18,19)20)16(24)15-6-4-9-22(12-15)11-14-5-3-7-21-10-14;/h14-15,21H,2-13H2,1H3;1H. The summed E-state index contributed by atoms with van der Waals surface area (Å²) in [5, 5.41) is 3.39. The smallest absolute Gasteiger partial charge is 0.333 e. The van der Waals surface area contributed by atoms with Crippen LogP contribution >= 0.6 is 12.4 Å². The van der Waals surface area contributed by atoms with E-state index in [-0.39, 0.29) is 30.8 Å². The zero-order valence-corrected chi connectivity index (χ0v) is 15.8. The maximum absolute atomic E-state index is 12.7. The molecule has 0 aromatic rings. The van der Waals surface area contributed by atoms with Crippen molar-refractivity contribution in [1.29, 1.82) is 0 Å². The molecule has 1 amide bonds. The Bertz CT molecular complexity index is 403. The van der Waals surface area contributed by atoms with E-state index in [4.69, 9.17) is 0 Å². The molecule has 1 N–H and O–H groups in total. The van der Waals surface area contributed by atoms with Gasteiger partial charge in [-0.1, -0.05) is 6.92 Å². The van der Waals surface area contributed by atoms with Crippen LogP contribution in [0.1, 0.15) is 39.0 Å². The number of halogens is 4. The van der Waals surface area contributed by atoms with Gasteiger partial charge in [0.1, 0.15) is 6.54 Å². The van der Waals surface area contributed by atoms with Crippen molar-refractivity contribution >= 4 is 18.3 Å². The van der Waals surface area contributed by atoms with Crippen molar-refractivity contribution in [2.45, 2.75) is 45.2 Å². The van der Waals surface area contributed by atoms with Gasteiger partial charge in [0.2, 0.25) is 5.91 Å². The molecule has 2 rings (SSSR count). The average Bonchev–Trinajstić information content (AvgIpc) is 2.54. The summed E-state index contributed by atoms with van der Waals surface area (Å²) in [7, 11) is 0. The van der Waals surface area contributed by atoms with Gasteiger partial charge in [-0.25, -0.2) is 0 Å². The van der Waals surface area contributed by atoms with Crippen LogP contribution in [0.2, 0.25) is 0 Å². The number of amides is 1. The van der Waals surface area contributed by atoms with Gasteiger partial charge in [-0.3, -0.25) is 4.79 Å². The predicted molar refractivity (Wildman–Crippen MR) is 94.9 cm³/mol. The maximum Gasteiger partial charge on any atom is 0.406 e. The summed E-state index contributed by atoms with van der Waals surface area (Å²) < 4.78 is 38.2. The minimum atomic E-state index is -4.33. The highest BCUT2D eigenvalue weighted by atomic mass is 35.5. The van der Waals surface area contributed by atoms with Crippen molar-refractivity contribution < 1.29 is 18.0 Å². The Morgan fingerprint density at radius 1 is 1.28 bits per heavy atom. The number of rotatable bonds is 6. The molecule has 0 saturated carbocycles. The highest BCUT2D eigenvalue weighted by Crippen LogP contribution is 2.24. The molecule has 2 saturated heterocycles. The van der Waals surface area contributed by atoms with Crippen molar-refractivity contribution in [3.05, 3.63) is 0 Å². The van der Waals surface area contributed by atoms with E-state index in [1.54, 1.807) is 6.92 Å². The first-order valence-corrected chi connectivity index (χ1v) is 9.17. The molecule has 4 nitrogen and oxygen atoms in total. The third-order valence-electron chi connectivity index (χ3n) is 4.95. The van der Waals surface area contributed by atoms with Crippen molar-refractivity contribution in [3.63, 3.8) is 0 Å². The zero-order valence-electron chi connectivity index (χ0n) is 15.0. The fourth-order valence-electron chi connectivity index (χ4n) is 3.88. The fraction of sp³-hybridized carbons (Fsp3) is 0.941. The molecule has 0 spiro atoms. The summed E-state index contributed by atoms with van der Waals surface area (Å²) in [5.74, 6) is -0.0145. The predicted octanol–water partition coefficient (Wildman–Crippen LogP) is 2.92. The first kappa shape index (κ1) is 22.5. The molecule has 2 heterocycles. The van der Waals surface area contributed by atoms with Gasteiger partial charge in [-0.15, -0.1) is 12.4 Å². The molecule has 2 aliphatic heterocycles. The van der Waals surface area contributed by atoms with E-state index in [0.29, 0.717) is 25.3 Å². The molecular formula is C17H31ClF3N3O. The number of nitrogens with zero attached hydrogens (tertiary/aromatic N) is 2. The largest absolute Gasteiger partial charge is 0.406 e. The van der Waals surface area contributed by atoms with Gasteiger partial charge in [-0.2, -0.15) is 13.2 Å². The third kappa shape index (κ3) is 7.71. The van der Waals surface area contributed by atoms with Gasteiger partial charge in [-0.05, 0) is 57.7 Å². The van der Waals surface area contributed by atoms with E-state index >= 15 is 0 Å². The quantitative estimate of drug-likeness (QED) is 0.763. The Balaban J connectivity index is 0.00000312. The number of carbonyl (C=O) groups is 1. The van der Waals surface area contributed by atoms with Crippen molar-refractivity contribution in [2.75, 3.05) is 45.8 Å². The SMILES string of the molecule is CCCN(CC(F)(F)F)C(=O)C1CCCN(CC2CCCNC2)C1.Cl. The Hall–Kier alpha value is -0.530. The first-order chi connectivity index (χ1) is 11.4. The van der Waals surface area contributed by atoms with Crippen LogP contribution in [-0.4, -0.2) is 67.7 Å². The molecule has 0 aliphatic carbocycles. The summed E-state index contributed by atoms with van der Waals surface area (Å²) in [4.78, 5) is 15.9. The lowest BCUT2D eigenvalue weighted by molar-refractivity contribution is -0.164. The topological polar surface area (TPSA) is 35.6 Å². The second-order valence-corrected chi connectivity index (χ2v) is 7.19. The van der Waals surface area contributed by atoms with Crippen molar-refractivity contribution in [1.82, 2.24) is 15.1 Å². The Kier molecular flexibility index (Phi) is 9.52. The van der Waals surface area contributed by atoms with Gasteiger partial charge < -0.3 is 15.1 Å². The van der Waals surface area contributed by atoms with Gasteiger partial charge in [0.25, 0.3) is 0 Å². The molecule has 0 radical (unpaired) electrons. The molecule has 8 heteroatoms. The minimum Gasteiger partial charge on any atom is -0.333 e. The van der Waals surface area contributed by atoms with E-state index in [1.807, 2.05) is 0 Å². The number of likely N-dealkylation sites (tertiary alicyclic amines) is 1. The molecule has 2 unspecified atom stereocenters. The van der Waals surface area contributed by atoms with Crippen LogP contribution in [0.5, 0.6) is 0 Å². The van der Waals surface area contributed by atoms with Crippen LogP contribution in [0.3, 0.4) is 0 Å². The number of piperidine rings is 2. The molecular weight excluding hydrogens is 355 g/mol. The van der Waals surface area contributed by atoms with Crippen LogP contribution in [0.15, 0.2) is 0 Å². The molecule has 2 aliphatic rings. The van der Waals surface area contributed by atoms with Crippen LogP contribution in [0.25, 0.3) is 0 Å². The Labute approximate surface area is 154 Å². The van der Waals surface area contributed by atoms with Gasteiger partial charge in [0.05, 0.1) is 5.92 Å². The van der Waals surface area contributed by atoms with E-state index in [1.165, 1.54) is 12.8 Å². The average molecular weight is 386 g/mol. The Morgan fingerprint density at radius 2 is 2.04 bits per heavy atom. The molecule has 0 bridgehead atoms. The highest BCUT2D eigenvalue weighted by Gasteiger charge is 2.36. The zero-order chi connectivity index (χ0) is 17.6. The third-order valence-corrected chi connectivity index (χ3v) is 4.95. The van der Waals surface area contributed by atoms with E-state index in [0.717, 1.165) is 37.5 Å². The molecule has 0 aromatic carbocycles. The van der Waals surface area contributed by atoms with E-state index in [9.17, 15) is 18.0 Å². The lowest BCUT2D eigenvalue weighted by atomic mass is 9.93. The van der Waals surface area contributed by atoms with Gasteiger partial charge >= 0.3 is 6.18 Å². The second kappa shape index (κ2) is 10.6. The van der Waals surface area contributed by atoms with Crippen molar-refractivity contribution in [2.24, 2.45) is 11.8 Å². The second-order valence-electron chi connectivity index (χ2n) is 7.19. The van der Waals surface area contributed by atoms with Crippen LogP contribution in [-0.2, 0) is 4.79 Å². The van der Waals surface area contributed by atoms with Gasteiger partial charge in [0, 0.05) is 19.6 Å². The number of hydrogen-bond donors (Lipinski definition) is 1. The summed E-state index contributed by atoms with van der Waals surface area (Å²) >= 11 is 0. The molecule has 148 valence electrons.